The summed E-state index contributed by atoms with van der Waals surface area (Å²) in [6.07, 6.45) is 6.01. The lowest BCUT2D eigenvalue weighted by atomic mass is 9.84. The van der Waals surface area contributed by atoms with Gasteiger partial charge in [-0.2, -0.15) is 0 Å². The van der Waals surface area contributed by atoms with E-state index in [1.807, 2.05) is 13.2 Å². The van der Waals surface area contributed by atoms with Crippen molar-refractivity contribution in [2.45, 2.75) is 56.3 Å². The van der Waals surface area contributed by atoms with E-state index in [1.165, 1.54) is 25.9 Å². The predicted molar refractivity (Wildman–Crippen MR) is 102 cm³/mol. The van der Waals surface area contributed by atoms with Gasteiger partial charge in [-0.25, -0.2) is 0 Å². The van der Waals surface area contributed by atoms with E-state index in [2.05, 4.69) is 55.0 Å². The van der Waals surface area contributed by atoms with E-state index in [9.17, 15) is 0 Å². The first-order valence-corrected chi connectivity index (χ1v) is 9.39. The zero-order valence-electron chi connectivity index (χ0n) is 16.4. The summed E-state index contributed by atoms with van der Waals surface area (Å²) in [5.74, 6) is 0. The van der Waals surface area contributed by atoms with Crippen LogP contribution >= 0.6 is 0 Å². The van der Waals surface area contributed by atoms with Crippen LogP contribution in [0.25, 0.3) is 0 Å². The van der Waals surface area contributed by atoms with E-state index in [1.54, 1.807) is 0 Å². The molecule has 3 aliphatic rings. The third-order valence-corrected chi connectivity index (χ3v) is 6.24. The molecule has 0 aromatic rings. The van der Waals surface area contributed by atoms with Crippen molar-refractivity contribution in [3.05, 3.63) is 12.7 Å². The molecular formula is C19H38N4O. The maximum Gasteiger partial charge on any atom is 0.0716 e. The highest BCUT2D eigenvalue weighted by molar-refractivity contribution is 5.07. The van der Waals surface area contributed by atoms with E-state index in [0.717, 1.165) is 26.1 Å². The Hall–Kier alpha value is -0.460. The largest absolute Gasteiger partial charge is 0.380 e. The summed E-state index contributed by atoms with van der Waals surface area (Å²) in [4.78, 5) is 4.93. The van der Waals surface area contributed by atoms with Gasteiger partial charge in [-0.05, 0) is 47.2 Å². The fourth-order valence-electron chi connectivity index (χ4n) is 4.04. The van der Waals surface area contributed by atoms with Gasteiger partial charge in [0.05, 0.1) is 6.10 Å². The minimum absolute atomic E-state index is 0.373. The molecule has 3 rings (SSSR count). The van der Waals surface area contributed by atoms with E-state index < -0.39 is 0 Å². The number of allylic oxidation sites excluding steroid dienone is 1. The van der Waals surface area contributed by atoms with Crippen molar-refractivity contribution in [2.75, 3.05) is 53.9 Å². The summed E-state index contributed by atoms with van der Waals surface area (Å²) in [7, 11) is 6.07. The molecule has 140 valence electrons. The normalized spacial score (nSPS) is 28.2. The maximum atomic E-state index is 5.34. The Balaban J connectivity index is 0.000000175. The Morgan fingerprint density at radius 3 is 2.38 bits per heavy atom. The molecule has 24 heavy (non-hydrogen) atoms. The standard InChI is InChI=1S/C11H22N2.C8H16N2O/c1-5-6-7-11(12-4)8-13(9-11)10(2)3;1-10-4-7(11-2)3-8(10)5-9-6-8/h5,10,12H,1,6-9H2,2-4H3;7,9H,3-6H2,1-2H3. The number of rotatable bonds is 6. The molecule has 2 N–H and O–H groups in total. The average molecular weight is 339 g/mol. The Labute approximate surface area is 148 Å². The van der Waals surface area contributed by atoms with E-state index >= 15 is 0 Å². The fraction of sp³-hybridized carbons (Fsp3) is 0.895. The zero-order valence-corrected chi connectivity index (χ0v) is 16.4. The van der Waals surface area contributed by atoms with Crippen molar-refractivity contribution in [3.63, 3.8) is 0 Å². The molecular weight excluding hydrogens is 300 g/mol. The second kappa shape index (κ2) is 8.28. The van der Waals surface area contributed by atoms with Gasteiger partial charge in [0.2, 0.25) is 0 Å². The second-order valence-electron chi connectivity index (χ2n) is 8.13. The number of hydrogen-bond acceptors (Lipinski definition) is 5. The molecule has 0 aromatic heterocycles. The summed E-state index contributed by atoms with van der Waals surface area (Å²) in [5, 5.41) is 6.77. The van der Waals surface area contributed by atoms with Crippen molar-refractivity contribution in [2.24, 2.45) is 0 Å². The molecule has 0 bridgehead atoms. The Bertz CT molecular complexity index is 402. The molecule has 3 saturated heterocycles. The van der Waals surface area contributed by atoms with Crippen LogP contribution < -0.4 is 10.6 Å². The van der Waals surface area contributed by atoms with Gasteiger partial charge in [0, 0.05) is 57.0 Å². The van der Waals surface area contributed by atoms with Crippen LogP contribution in [0.2, 0.25) is 0 Å². The molecule has 1 unspecified atom stereocenters. The van der Waals surface area contributed by atoms with Crippen LogP contribution in [-0.2, 0) is 4.74 Å². The molecule has 0 radical (unpaired) electrons. The number of ether oxygens (including phenoxy) is 1. The molecule has 3 heterocycles. The van der Waals surface area contributed by atoms with Crippen molar-refractivity contribution < 1.29 is 4.74 Å². The molecule has 5 nitrogen and oxygen atoms in total. The van der Waals surface area contributed by atoms with Gasteiger partial charge in [0.25, 0.3) is 0 Å². The lowest BCUT2D eigenvalue weighted by Crippen LogP contribution is -2.69. The van der Waals surface area contributed by atoms with Gasteiger partial charge < -0.3 is 15.4 Å². The Kier molecular flexibility index (Phi) is 6.85. The van der Waals surface area contributed by atoms with Gasteiger partial charge >= 0.3 is 0 Å². The first kappa shape index (κ1) is 19.9. The summed E-state index contributed by atoms with van der Waals surface area (Å²) in [6, 6.07) is 0.685. The zero-order chi connectivity index (χ0) is 17.8. The number of methoxy groups -OCH3 is 1. The van der Waals surface area contributed by atoms with Crippen LogP contribution in [0.1, 0.15) is 33.1 Å². The molecule has 3 aliphatic heterocycles. The molecule has 0 saturated carbocycles. The third kappa shape index (κ3) is 4.20. The van der Waals surface area contributed by atoms with Crippen molar-refractivity contribution in [1.29, 1.82) is 0 Å². The average Bonchev–Trinajstić information content (AvgIpc) is 2.84. The van der Waals surface area contributed by atoms with Crippen LogP contribution in [-0.4, -0.2) is 87.0 Å². The molecule has 3 fully saturated rings. The topological polar surface area (TPSA) is 39.8 Å². The van der Waals surface area contributed by atoms with Gasteiger partial charge in [0.1, 0.15) is 0 Å². The second-order valence-corrected chi connectivity index (χ2v) is 8.13. The summed E-state index contributed by atoms with van der Waals surface area (Å²) in [5.41, 5.74) is 0.819. The van der Waals surface area contributed by atoms with E-state index in [-0.39, 0.29) is 0 Å². The fourth-order valence-corrected chi connectivity index (χ4v) is 4.04. The highest BCUT2D eigenvalue weighted by atomic mass is 16.5. The first-order chi connectivity index (χ1) is 11.4. The predicted octanol–water partition coefficient (Wildman–Crippen LogP) is 1.31. The quantitative estimate of drug-likeness (QED) is 0.715. The lowest BCUT2D eigenvalue weighted by molar-refractivity contribution is 0.0165. The molecule has 0 aromatic carbocycles. The third-order valence-electron chi connectivity index (χ3n) is 6.24. The van der Waals surface area contributed by atoms with Crippen LogP contribution in [0.4, 0.5) is 0 Å². The lowest BCUT2D eigenvalue weighted by Gasteiger charge is -2.52. The summed E-state index contributed by atoms with van der Waals surface area (Å²) in [6.45, 7) is 14.0. The van der Waals surface area contributed by atoms with Crippen LogP contribution in [0.15, 0.2) is 12.7 Å². The number of hydrogen-bond donors (Lipinski definition) is 2. The highest BCUT2D eigenvalue weighted by Crippen LogP contribution is 2.32. The number of nitrogens with zero attached hydrogens (tertiary/aromatic N) is 2. The monoisotopic (exact) mass is 338 g/mol. The smallest absolute Gasteiger partial charge is 0.0716 e. The van der Waals surface area contributed by atoms with Crippen molar-refractivity contribution in [3.8, 4) is 0 Å². The van der Waals surface area contributed by atoms with E-state index in [0.29, 0.717) is 23.2 Å². The Morgan fingerprint density at radius 1 is 1.38 bits per heavy atom. The van der Waals surface area contributed by atoms with Crippen LogP contribution in [0, 0.1) is 0 Å². The Morgan fingerprint density at radius 2 is 2.04 bits per heavy atom. The van der Waals surface area contributed by atoms with Gasteiger partial charge in [-0.15, -0.1) is 6.58 Å². The molecule has 1 atom stereocenters. The number of nitrogens with one attached hydrogen (secondary N) is 2. The number of likely N-dealkylation sites (N-methyl/N-ethyl adjacent to an activating group) is 2. The van der Waals surface area contributed by atoms with Crippen LogP contribution in [0.3, 0.4) is 0 Å². The van der Waals surface area contributed by atoms with Gasteiger partial charge in [-0.1, -0.05) is 6.08 Å². The van der Waals surface area contributed by atoms with E-state index in [4.69, 9.17) is 4.74 Å². The van der Waals surface area contributed by atoms with Crippen molar-refractivity contribution >= 4 is 0 Å². The molecule has 5 heteroatoms. The van der Waals surface area contributed by atoms with Crippen LogP contribution in [0.5, 0.6) is 0 Å². The SMILES string of the molecule is C=CCCC1(NC)CN(C(C)C)C1.COC1CN(C)C2(CNC2)C1. The minimum Gasteiger partial charge on any atom is -0.380 e. The summed E-state index contributed by atoms with van der Waals surface area (Å²) < 4.78 is 5.34. The maximum absolute atomic E-state index is 5.34. The number of likely N-dealkylation sites (tertiary alicyclic amines) is 2. The first-order valence-electron chi connectivity index (χ1n) is 9.39. The van der Waals surface area contributed by atoms with Gasteiger partial charge in [-0.3, -0.25) is 9.80 Å². The molecule has 1 spiro atoms. The minimum atomic E-state index is 0.373. The molecule has 0 amide bonds. The highest BCUT2D eigenvalue weighted by Gasteiger charge is 2.47. The van der Waals surface area contributed by atoms with Crippen molar-refractivity contribution in [1.82, 2.24) is 20.4 Å². The summed E-state index contributed by atoms with van der Waals surface area (Å²) >= 11 is 0. The van der Waals surface area contributed by atoms with Gasteiger partial charge in [0.15, 0.2) is 0 Å². The molecule has 0 aliphatic carbocycles.